The van der Waals surface area contributed by atoms with Crippen LogP contribution in [0.15, 0.2) is 40.5 Å². The third-order valence-electron chi connectivity index (χ3n) is 5.25. The summed E-state index contributed by atoms with van der Waals surface area (Å²) in [6, 6.07) is 6.94. The number of benzene rings is 1. The molecule has 0 amide bonds. The maximum absolute atomic E-state index is 10.7. The second-order valence-electron chi connectivity index (χ2n) is 7.10. The lowest BCUT2D eigenvalue weighted by molar-refractivity contribution is -0.130. The van der Waals surface area contributed by atoms with Crippen molar-refractivity contribution in [3.05, 3.63) is 36.2 Å². The molecule has 6 nitrogen and oxygen atoms in total. The molecule has 1 fully saturated rings. The maximum atomic E-state index is 10.7. The van der Waals surface area contributed by atoms with Gasteiger partial charge in [0.1, 0.15) is 5.03 Å². The zero-order valence-corrected chi connectivity index (χ0v) is 16.5. The summed E-state index contributed by atoms with van der Waals surface area (Å²) in [4.78, 5) is 23.1. The van der Waals surface area contributed by atoms with Gasteiger partial charge in [0, 0.05) is 41.7 Å². The Morgan fingerprint density at radius 1 is 1.39 bits per heavy atom. The van der Waals surface area contributed by atoms with E-state index in [1.165, 1.54) is 5.56 Å². The Morgan fingerprint density at radius 3 is 3.07 bits per heavy atom. The largest absolute Gasteiger partial charge is 0.472 e. The first kappa shape index (κ1) is 18.8. The zero-order chi connectivity index (χ0) is 19.5. The van der Waals surface area contributed by atoms with Crippen LogP contribution in [0.1, 0.15) is 31.7 Å². The monoisotopic (exact) mass is 394 g/mol. The fourth-order valence-corrected chi connectivity index (χ4v) is 4.72. The lowest BCUT2D eigenvalue weighted by Gasteiger charge is -2.38. The van der Waals surface area contributed by atoms with E-state index in [1.54, 1.807) is 24.2 Å². The summed E-state index contributed by atoms with van der Waals surface area (Å²) in [5, 5.41) is 13.1. The number of carboxylic acid groups (broad SMARTS) is 1. The number of carboxylic acids is 1. The van der Waals surface area contributed by atoms with Crippen LogP contribution in [0.2, 0.25) is 0 Å². The minimum Gasteiger partial charge on any atom is -0.472 e. The average Bonchev–Trinajstić information content (AvgIpc) is 2.71. The Hall–Kier alpha value is -2.56. The number of carbonyl (C=O) groups is 1. The number of nitrogens with one attached hydrogen (secondary N) is 1. The molecule has 0 spiro atoms. The van der Waals surface area contributed by atoms with E-state index < -0.39 is 5.97 Å². The van der Waals surface area contributed by atoms with Crippen molar-refractivity contribution in [3.63, 3.8) is 0 Å². The highest BCUT2D eigenvalue weighted by Gasteiger charge is 2.27. The molecule has 2 aromatic rings. The lowest BCUT2D eigenvalue weighted by atomic mass is 9.89. The summed E-state index contributed by atoms with van der Waals surface area (Å²) in [5.41, 5.74) is 2.33. The average molecular weight is 395 g/mol. The van der Waals surface area contributed by atoms with Gasteiger partial charge in [0.05, 0.1) is 5.69 Å². The van der Waals surface area contributed by atoms with E-state index in [4.69, 9.17) is 5.11 Å². The molecule has 7 heteroatoms. The van der Waals surface area contributed by atoms with Crippen LogP contribution < -0.4 is 5.32 Å². The van der Waals surface area contributed by atoms with Crippen LogP contribution in [0.5, 0.6) is 0 Å². The van der Waals surface area contributed by atoms with Gasteiger partial charge in [-0.2, -0.15) is 0 Å². The normalized spacial score (nSPS) is 20.9. The number of anilines is 2. The Kier molecular flexibility index (Phi) is 5.51. The Balaban J connectivity index is 1.45. The molecular weight excluding hydrogens is 372 g/mol. The first-order chi connectivity index (χ1) is 13.6. The summed E-state index contributed by atoms with van der Waals surface area (Å²) in [7, 11) is 0. The molecule has 144 valence electrons. The molecule has 1 saturated heterocycles. The number of likely N-dealkylation sites (tertiary alicyclic amines) is 1. The smallest absolute Gasteiger partial charge is 0.381 e. The molecule has 4 rings (SSSR count). The number of fused-ring (bicyclic) bond motifs is 2. The van der Waals surface area contributed by atoms with Gasteiger partial charge in [-0.05, 0) is 43.5 Å². The Bertz CT molecular complexity index is 953. The molecule has 0 radical (unpaired) electrons. The molecule has 3 heterocycles. The van der Waals surface area contributed by atoms with Gasteiger partial charge in [-0.3, -0.25) is 4.90 Å². The maximum Gasteiger partial charge on any atom is 0.381 e. The van der Waals surface area contributed by atoms with Crippen LogP contribution in [0.4, 0.5) is 11.5 Å². The van der Waals surface area contributed by atoms with Crippen molar-refractivity contribution in [2.75, 3.05) is 11.9 Å². The predicted octanol–water partition coefficient (Wildman–Crippen LogP) is 3.76. The highest BCUT2D eigenvalue weighted by molar-refractivity contribution is 7.99. The van der Waals surface area contributed by atoms with Gasteiger partial charge >= 0.3 is 5.97 Å². The SMILES string of the molecule is CCC1CC(C#CC(=O)O)CCN1Cc1ccc2c(c1)Nc1nccnc1S2. The predicted molar refractivity (Wildman–Crippen MR) is 109 cm³/mol. The lowest BCUT2D eigenvalue weighted by Crippen LogP contribution is -2.41. The quantitative estimate of drug-likeness (QED) is 0.655. The number of rotatable bonds is 3. The second-order valence-corrected chi connectivity index (χ2v) is 8.13. The highest BCUT2D eigenvalue weighted by Crippen LogP contribution is 2.42. The fraction of sp³-hybridized carbons (Fsp3) is 0.381. The standard InChI is InChI=1S/C21H22N4O2S/c1-2-16-11-14(4-6-19(26)27)7-10-25(16)13-15-3-5-18-17(12-15)24-20-21(28-18)23-9-8-22-20/h3,5,8-9,12,14,16H,2,7,10-11,13H2,1H3,(H,22,24)(H,26,27). The van der Waals surface area contributed by atoms with Crippen molar-refractivity contribution in [1.82, 2.24) is 14.9 Å². The molecule has 28 heavy (non-hydrogen) atoms. The van der Waals surface area contributed by atoms with Gasteiger partial charge in [0.2, 0.25) is 0 Å². The summed E-state index contributed by atoms with van der Waals surface area (Å²) in [6.07, 6.45) is 6.29. The molecule has 2 N–H and O–H groups in total. The van der Waals surface area contributed by atoms with Crippen LogP contribution >= 0.6 is 11.8 Å². The Labute approximate surface area is 168 Å². The minimum atomic E-state index is -1.04. The van der Waals surface area contributed by atoms with E-state index in [2.05, 4.69) is 57.1 Å². The van der Waals surface area contributed by atoms with Crippen molar-refractivity contribution in [1.29, 1.82) is 0 Å². The van der Waals surface area contributed by atoms with Crippen LogP contribution in [-0.4, -0.2) is 38.5 Å². The summed E-state index contributed by atoms with van der Waals surface area (Å²) in [6.45, 7) is 4.00. The Morgan fingerprint density at radius 2 is 2.25 bits per heavy atom. The number of hydrogen-bond acceptors (Lipinski definition) is 6. The van der Waals surface area contributed by atoms with Gasteiger partial charge in [-0.1, -0.05) is 30.7 Å². The molecule has 0 aliphatic carbocycles. The number of hydrogen-bond donors (Lipinski definition) is 2. The third kappa shape index (κ3) is 4.13. The molecular formula is C21H22N4O2S. The van der Waals surface area contributed by atoms with Crippen molar-refractivity contribution < 1.29 is 9.90 Å². The van der Waals surface area contributed by atoms with Crippen molar-refractivity contribution in [3.8, 4) is 11.8 Å². The molecule has 2 unspecified atom stereocenters. The van der Waals surface area contributed by atoms with Gasteiger partial charge < -0.3 is 10.4 Å². The number of aliphatic carboxylic acids is 1. The molecule has 1 aromatic heterocycles. The van der Waals surface area contributed by atoms with Gasteiger partial charge in [0.25, 0.3) is 0 Å². The summed E-state index contributed by atoms with van der Waals surface area (Å²) < 4.78 is 0. The minimum absolute atomic E-state index is 0.175. The van der Waals surface area contributed by atoms with E-state index in [9.17, 15) is 4.79 Å². The number of aromatic nitrogens is 2. The van der Waals surface area contributed by atoms with Crippen LogP contribution in [0.3, 0.4) is 0 Å². The van der Waals surface area contributed by atoms with E-state index >= 15 is 0 Å². The highest BCUT2D eigenvalue weighted by atomic mass is 32.2. The van der Waals surface area contributed by atoms with Gasteiger partial charge in [0.15, 0.2) is 5.82 Å². The van der Waals surface area contributed by atoms with Crippen molar-refractivity contribution >= 4 is 29.2 Å². The van der Waals surface area contributed by atoms with Crippen LogP contribution in [0.25, 0.3) is 0 Å². The third-order valence-corrected chi connectivity index (χ3v) is 6.31. The first-order valence-corrected chi connectivity index (χ1v) is 10.3. The molecule has 2 aliphatic heterocycles. The first-order valence-electron chi connectivity index (χ1n) is 9.49. The molecule has 0 bridgehead atoms. The van der Waals surface area contributed by atoms with Crippen molar-refractivity contribution in [2.24, 2.45) is 5.92 Å². The van der Waals surface area contributed by atoms with Gasteiger partial charge in [-0.25, -0.2) is 14.8 Å². The van der Waals surface area contributed by atoms with Crippen molar-refractivity contribution in [2.45, 2.75) is 48.7 Å². The molecule has 2 aliphatic rings. The topological polar surface area (TPSA) is 78.4 Å². The van der Waals surface area contributed by atoms with E-state index in [0.717, 1.165) is 53.8 Å². The molecule has 2 atom stereocenters. The fourth-order valence-electron chi connectivity index (χ4n) is 3.84. The molecule has 1 aromatic carbocycles. The van der Waals surface area contributed by atoms with Crippen LogP contribution in [0, 0.1) is 17.8 Å². The van der Waals surface area contributed by atoms with Gasteiger partial charge in [-0.15, -0.1) is 0 Å². The zero-order valence-electron chi connectivity index (χ0n) is 15.7. The van der Waals surface area contributed by atoms with E-state index in [-0.39, 0.29) is 5.92 Å². The van der Waals surface area contributed by atoms with E-state index in [1.807, 2.05) is 0 Å². The van der Waals surface area contributed by atoms with Crippen LogP contribution in [-0.2, 0) is 11.3 Å². The number of piperidine rings is 1. The molecule has 0 saturated carbocycles. The summed E-state index contributed by atoms with van der Waals surface area (Å²) >= 11 is 1.64. The van der Waals surface area contributed by atoms with E-state index in [0.29, 0.717) is 6.04 Å². The second kappa shape index (κ2) is 8.21. The summed E-state index contributed by atoms with van der Waals surface area (Å²) in [5.74, 6) is 5.15. The number of nitrogens with zero attached hydrogens (tertiary/aromatic N) is 3.